The molecule has 0 fully saturated rings. The van der Waals surface area contributed by atoms with Crippen LogP contribution < -0.4 is 0 Å². The highest BCUT2D eigenvalue weighted by atomic mass is 16.5. The second-order valence-electron chi connectivity index (χ2n) is 8.53. The lowest BCUT2D eigenvalue weighted by molar-refractivity contribution is 0.0196. The molecule has 1 N–H and O–H groups in total. The average molecular weight is 394 g/mol. The molecule has 0 aromatic heterocycles. The Morgan fingerprint density at radius 1 is 0.786 bits per heavy atom. The van der Waals surface area contributed by atoms with Crippen LogP contribution >= 0.6 is 0 Å². The van der Waals surface area contributed by atoms with E-state index < -0.39 is 5.72 Å². The Morgan fingerprint density at radius 3 is 1.79 bits per heavy atom. The molecule has 1 unspecified atom stereocenters. The van der Waals surface area contributed by atoms with E-state index in [1.165, 1.54) is 96.3 Å². The van der Waals surface area contributed by atoms with Crippen LogP contribution in [0.25, 0.3) is 0 Å². The maximum absolute atomic E-state index is 10.0. The molecule has 0 saturated carbocycles. The van der Waals surface area contributed by atoms with Gasteiger partial charge in [-0.15, -0.1) is 0 Å². The third-order valence-electron chi connectivity index (χ3n) is 5.77. The van der Waals surface area contributed by atoms with Crippen LogP contribution in [-0.4, -0.2) is 23.3 Å². The summed E-state index contributed by atoms with van der Waals surface area (Å²) in [4.78, 5) is 4.29. The standard InChI is InChI=1S/C25H47NO2/c1-3-5-6-7-8-9-10-11-12-13-14-15-16-17-18-19-20-21-22-24-26-25(27,4-2)23-28-24/h13-14,27H,3-12,15-23H2,1-2H3/b14-13-. The van der Waals surface area contributed by atoms with Crippen LogP contribution in [0.15, 0.2) is 17.1 Å². The highest BCUT2D eigenvalue weighted by molar-refractivity contribution is 5.77. The largest absolute Gasteiger partial charge is 0.476 e. The van der Waals surface area contributed by atoms with Gasteiger partial charge >= 0.3 is 0 Å². The van der Waals surface area contributed by atoms with Crippen molar-refractivity contribution in [3.63, 3.8) is 0 Å². The van der Waals surface area contributed by atoms with Gasteiger partial charge in [-0.1, -0.05) is 96.6 Å². The van der Waals surface area contributed by atoms with Crippen molar-refractivity contribution < 1.29 is 9.84 Å². The highest BCUT2D eigenvalue weighted by Crippen LogP contribution is 2.21. The van der Waals surface area contributed by atoms with Gasteiger partial charge in [-0.3, -0.25) is 0 Å². The lowest BCUT2D eigenvalue weighted by Crippen LogP contribution is -2.25. The van der Waals surface area contributed by atoms with Gasteiger partial charge in [0.2, 0.25) is 0 Å². The van der Waals surface area contributed by atoms with E-state index in [4.69, 9.17) is 4.74 Å². The highest BCUT2D eigenvalue weighted by Gasteiger charge is 2.31. The summed E-state index contributed by atoms with van der Waals surface area (Å²) in [6.07, 6.45) is 27.8. The molecule has 0 amide bonds. The molecule has 164 valence electrons. The van der Waals surface area contributed by atoms with E-state index in [-0.39, 0.29) is 0 Å². The normalized spacial score (nSPS) is 19.3. The van der Waals surface area contributed by atoms with Crippen LogP contribution in [0.4, 0.5) is 0 Å². The summed E-state index contributed by atoms with van der Waals surface area (Å²) in [6.45, 7) is 4.57. The monoisotopic (exact) mass is 393 g/mol. The van der Waals surface area contributed by atoms with E-state index in [9.17, 15) is 5.11 Å². The van der Waals surface area contributed by atoms with Crippen molar-refractivity contribution in [1.29, 1.82) is 0 Å². The Balaban J connectivity index is 1.78. The lowest BCUT2D eigenvalue weighted by Gasteiger charge is -2.12. The molecule has 1 rings (SSSR count). The van der Waals surface area contributed by atoms with E-state index >= 15 is 0 Å². The Kier molecular flexibility index (Phi) is 15.4. The van der Waals surface area contributed by atoms with Crippen molar-refractivity contribution in [2.75, 3.05) is 6.61 Å². The number of unbranched alkanes of at least 4 members (excludes halogenated alkanes) is 14. The molecule has 0 radical (unpaired) electrons. The minimum absolute atomic E-state index is 0.339. The first-order valence-corrected chi connectivity index (χ1v) is 12.3. The van der Waals surface area contributed by atoms with Gasteiger partial charge in [-0.25, -0.2) is 4.99 Å². The van der Waals surface area contributed by atoms with Gasteiger partial charge in [0, 0.05) is 6.42 Å². The number of hydrogen-bond acceptors (Lipinski definition) is 3. The zero-order valence-corrected chi connectivity index (χ0v) is 18.9. The summed E-state index contributed by atoms with van der Waals surface area (Å²) >= 11 is 0. The van der Waals surface area contributed by atoms with Crippen molar-refractivity contribution in [2.24, 2.45) is 4.99 Å². The van der Waals surface area contributed by atoms with Gasteiger partial charge in [0.15, 0.2) is 11.6 Å². The first-order chi connectivity index (χ1) is 13.7. The fraction of sp³-hybridized carbons (Fsp3) is 0.880. The molecule has 3 nitrogen and oxygen atoms in total. The molecule has 0 aromatic rings. The predicted octanol–water partition coefficient (Wildman–Crippen LogP) is 7.72. The first kappa shape index (κ1) is 25.2. The van der Waals surface area contributed by atoms with Crippen molar-refractivity contribution in [3.8, 4) is 0 Å². The molecule has 1 aliphatic rings. The zero-order valence-electron chi connectivity index (χ0n) is 18.9. The fourth-order valence-electron chi connectivity index (χ4n) is 3.68. The molecule has 0 aromatic carbocycles. The van der Waals surface area contributed by atoms with Gasteiger partial charge in [-0.05, 0) is 38.5 Å². The zero-order chi connectivity index (χ0) is 20.3. The van der Waals surface area contributed by atoms with E-state index in [0.29, 0.717) is 13.0 Å². The summed E-state index contributed by atoms with van der Waals surface area (Å²) in [5.74, 6) is 0.756. The molecule has 1 atom stereocenters. The SMILES string of the molecule is CCCCCCCCCC/C=C\CCCCCCCCC1=NC(O)(CC)CO1. The second-order valence-corrected chi connectivity index (χ2v) is 8.53. The predicted molar refractivity (Wildman–Crippen MR) is 122 cm³/mol. The van der Waals surface area contributed by atoms with E-state index in [2.05, 4.69) is 24.1 Å². The molecule has 1 aliphatic heterocycles. The molecule has 3 heteroatoms. The molecule has 1 heterocycles. The van der Waals surface area contributed by atoms with Crippen LogP contribution in [0.2, 0.25) is 0 Å². The third kappa shape index (κ3) is 13.4. The number of aliphatic imine (C=N–C) groups is 1. The molecular formula is C25H47NO2. The van der Waals surface area contributed by atoms with Crippen LogP contribution in [0, 0.1) is 0 Å². The Labute approximate surface area is 175 Å². The van der Waals surface area contributed by atoms with Gasteiger partial charge < -0.3 is 9.84 Å². The summed E-state index contributed by atoms with van der Waals surface area (Å²) < 4.78 is 5.48. The van der Waals surface area contributed by atoms with Gasteiger partial charge in [-0.2, -0.15) is 0 Å². The van der Waals surface area contributed by atoms with Crippen molar-refractivity contribution in [2.45, 2.75) is 135 Å². The van der Waals surface area contributed by atoms with Crippen LogP contribution in [0.3, 0.4) is 0 Å². The van der Waals surface area contributed by atoms with E-state index in [1.54, 1.807) is 0 Å². The molecule has 0 aliphatic carbocycles. The van der Waals surface area contributed by atoms with Crippen molar-refractivity contribution >= 4 is 5.90 Å². The molecule has 28 heavy (non-hydrogen) atoms. The van der Waals surface area contributed by atoms with Crippen molar-refractivity contribution in [3.05, 3.63) is 12.2 Å². The minimum atomic E-state index is -0.947. The molecule has 0 bridgehead atoms. The van der Waals surface area contributed by atoms with Gasteiger partial charge in [0.05, 0.1) is 0 Å². The summed E-state index contributed by atoms with van der Waals surface area (Å²) in [5.41, 5.74) is -0.947. The van der Waals surface area contributed by atoms with Crippen LogP contribution in [0.1, 0.15) is 129 Å². The summed E-state index contributed by atoms with van der Waals surface area (Å²) in [6, 6.07) is 0. The lowest BCUT2D eigenvalue weighted by atomic mass is 10.1. The molecule has 0 spiro atoms. The van der Waals surface area contributed by atoms with E-state index in [1.807, 2.05) is 6.92 Å². The van der Waals surface area contributed by atoms with Crippen LogP contribution in [-0.2, 0) is 4.74 Å². The fourth-order valence-corrected chi connectivity index (χ4v) is 3.68. The minimum Gasteiger partial charge on any atom is -0.476 e. The quantitative estimate of drug-likeness (QED) is 0.180. The van der Waals surface area contributed by atoms with Crippen LogP contribution in [0.5, 0.6) is 0 Å². The second kappa shape index (κ2) is 17.1. The Morgan fingerprint density at radius 2 is 1.29 bits per heavy atom. The summed E-state index contributed by atoms with van der Waals surface area (Å²) in [7, 11) is 0. The van der Waals surface area contributed by atoms with Gasteiger partial charge in [0.1, 0.15) is 6.61 Å². The Hall–Kier alpha value is -0.830. The Bertz CT molecular complexity index is 419. The maximum Gasteiger partial charge on any atom is 0.193 e. The molecule has 0 saturated heterocycles. The first-order valence-electron chi connectivity index (χ1n) is 12.3. The van der Waals surface area contributed by atoms with Gasteiger partial charge in [0.25, 0.3) is 0 Å². The summed E-state index contributed by atoms with van der Waals surface area (Å²) in [5, 5.41) is 10.0. The number of allylic oxidation sites excluding steroid dienone is 2. The third-order valence-corrected chi connectivity index (χ3v) is 5.77. The smallest absolute Gasteiger partial charge is 0.193 e. The maximum atomic E-state index is 10.0. The number of nitrogens with zero attached hydrogens (tertiary/aromatic N) is 1. The van der Waals surface area contributed by atoms with Crippen molar-refractivity contribution in [1.82, 2.24) is 0 Å². The molecular weight excluding hydrogens is 346 g/mol. The number of rotatable bonds is 19. The number of ether oxygens (including phenoxy) is 1. The number of aliphatic hydroxyl groups is 1. The topological polar surface area (TPSA) is 41.8 Å². The average Bonchev–Trinajstić information content (AvgIpc) is 3.09. The van der Waals surface area contributed by atoms with E-state index in [0.717, 1.165) is 18.7 Å². The number of hydrogen-bond donors (Lipinski definition) is 1.